The number of para-hydroxylation sites is 2. The van der Waals surface area contributed by atoms with Crippen LogP contribution in [0.25, 0.3) is 22.2 Å². The van der Waals surface area contributed by atoms with Crippen molar-refractivity contribution < 1.29 is 0 Å². The average Bonchev–Trinajstić information content (AvgIpc) is 3.38. The van der Waals surface area contributed by atoms with Gasteiger partial charge in [0.25, 0.3) is 0 Å². The molecule has 154 valence electrons. The van der Waals surface area contributed by atoms with Crippen LogP contribution in [-0.4, -0.2) is 9.55 Å². The Labute approximate surface area is 194 Å². The molecule has 0 amide bonds. The van der Waals surface area contributed by atoms with Crippen LogP contribution in [0.4, 0.5) is 5.69 Å². The van der Waals surface area contributed by atoms with Crippen molar-refractivity contribution in [1.82, 2.24) is 9.55 Å². The van der Waals surface area contributed by atoms with Gasteiger partial charge in [-0.2, -0.15) is 0 Å². The van der Waals surface area contributed by atoms with Gasteiger partial charge in [0.15, 0.2) is 4.80 Å². The minimum atomic E-state index is 0.645. The predicted octanol–water partition coefficient (Wildman–Crippen LogP) is 7.48. The van der Waals surface area contributed by atoms with Gasteiger partial charge in [-0.25, -0.2) is 4.99 Å². The van der Waals surface area contributed by atoms with E-state index >= 15 is 0 Å². The maximum absolute atomic E-state index is 6.37. The van der Waals surface area contributed by atoms with Crippen LogP contribution in [0.1, 0.15) is 5.56 Å². The highest BCUT2D eigenvalue weighted by molar-refractivity contribution is 7.07. The SMILES string of the molecule is Clc1ccc(-c2csc(=Nc3ccccc3Cl)n2CCc2c[nH]c3ccccc23)cc1. The van der Waals surface area contributed by atoms with Gasteiger partial charge in [0, 0.05) is 34.0 Å². The Morgan fingerprint density at radius 2 is 1.68 bits per heavy atom. The average molecular weight is 464 g/mol. The summed E-state index contributed by atoms with van der Waals surface area (Å²) < 4.78 is 2.26. The Hall–Kier alpha value is -2.79. The highest BCUT2D eigenvalue weighted by Gasteiger charge is 2.11. The van der Waals surface area contributed by atoms with Crippen LogP contribution < -0.4 is 4.80 Å². The van der Waals surface area contributed by atoms with Crippen molar-refractivity contribution in [2.45, 2.75) is 13.0 Å². The van der Waals surface area contributed by atoms with Gasteiger partial charge in [-0.3, -0.25) is 0 Å². The van der Waals surface area contributed by atoms with E-state index in [-0.39, 0.29) is 0 Å². The maximum atomic E-state index is 6.37. The molecule has 0 saturated carbocycles. The monoisotopic (exact) mass is 463 g/mol. The minimum Gasteiger partial charge on any atom is -0.361 e. The normalized spacial score (nSPS) is 12.0. The summed E-state index contributed by atoms with van der Waals surface area (Å²) in [5.41, 5.74) is 5.45. The third kappa shape index (κ3) is 4.19. The lowest BCUT2D eigenvalue weighted by Crippen LogP contribution is -2.17. The van der Waals surface area contributed by atoms with Crippen molar-refractivity contribution in [3.8, 4) is 11.3 Å². The lowest BCUT2D eigenvalue weighted by Gasteiger charge is -2.10. The van der Waals surface area contributed by atoms with Gasteiger partial charge in [-0.15, -0.1) is 11.3 Å². The van der Waals surface area contributed by atoms with Crippen molar-refractivity contribution in [3.05, 3.63) is 105 Å². The van der Waals surface area contributed by atoms with E-state index in [9.17, 15) is 0 Å². The van der Waals surface area contributed by atoms with Gasteiger partial charge >= 0.3 is 0 Å². The molecule has 5 aromatic rings. The predicted molar refractivity (Wildman–Crippen MR) is 131 cm³/mol. The Morgan fingerprint density at radius 1 is 0.903 bits per heavy atom. The van der Waals surface area contributed by atoms with E-state index in [2.05, 4.69) is 45.4 Å². The van der Waals surface area contributed by atoms with E-state index in [4.69, 9.17) is 28.2 Å². The Kier molecular flexibility index (Phi) is 5.68. The summed E-state index contributed by atoms with van der Waals surface area (Å²) in [6.07, 6.45) is 2.99. The molecule has 0 atom stereocenters. The molecule has 2 aromatic heterocycles. The molecule has 0 aliphatic rings. The van der Waals surface area contributed by atoms with E-state index in [0.717, 1.165) is 45.3 Å². The quantitative estimate of drug-likeness (QED) is 0.280. The zero-order valence-corrected chi connectivity index (χ0v) is 18.9. The van der Waals surface area contributed by atoms with E-state index in [1.165, 1.54) is 10.9 Å². The molecule has 0 aliphatic heterocycles. The summed E-state index contributed by atoms with van der Waals surface area (Å²) in [5.74, 6) is 0. The van der Waals surface area contributed by atoms with Gasteiger partial charge in [-0.1, -0.05) is 65.7 Å². The molecule has 3 nitrogen and oxygen atoms in total. The minimum absolute atomic E-state index is 0.645. The fourth-order valence-electron chi connectivity index (χ4n) is 3.70. The number of benzene rings is 3. The molecule has 5 rings (SSSR count). The number of H-pyrrole nitrogens is 1. The number of hydrogen-bond acceptors (Lipinski definition) is 2. The van der Waals surface area contributed by atoms with Crippen LogP contribution in [-0.2, 0) is 13.0 Å². The summed E-state index contributed by atoms with van der Waals surface area (Å²) in [5, 5.41) is 4.78. The Morgan fingerprint density at radius 3 is 2.52 bits per heavy atom. The molecule has 0 fully saturated rings. The molecular weight excluding hydrogens is 445 g/mol. The van der Waals surface area contributed by atoms with Crippen LogP contribution in [0.2, 0.25) is 10.0 Å². The zero-order valence-electron chi connectivity index (χ0n) is 16.6. The second-order valence-electron chi connectivity index (χ2n) is 7.23. The molecule has 0 unspecified atom stereocenters. The molecule has 2 heterocycles. The number of fused-ring (bicyclic) bond motifs is 1. The van der Waals surface area contributed by atoms with E-state index in [0.29, 0.717) is 5.02 Å². The van der Waals surface area contributed by atoms with Crippen molar-refractivity contribution >= 4 is 51.1 Å². The third-order valence-electron chi connectivity index (χ3n) is 5.29. The van der Waals surface area contributed by atoms with Crippen molar-refractivity contribution in [1.29, 1.82) is 0 Å². The number of thiazole rings is 1. The molecular formula is C25H19Cl2N3S. The lowest BCUT2D eigenvalue weighted by atomic mass is 10.1. The number of rotatable bonds is 5. The molecule has 0 aliphatic carbocycles. The molecule has 0 bridgehead atoms. The van der Waals surface area contributed by atoms with Crippen LogP contribution in [0, 0.1) is 0 Å². The number of nitrogens with one attached hydrogen (secondary N) is 1. The summed E-state index contributed by atoms with van der Waals surface area (Å²) in [4.78, 5) is 9.17. The first-order valence-corrected chi connectivity index (χ1v) is 11.6. The Balaban J connectivity index is 1.58. The molecule has 31 heavy (non-hydrogen) atoms. The van der Waals surface area contributed by atoms with Crippen molar-refractivity contribution in [2.24, 2.45) is 4.99 Å². The smallest absolute Gasteiger partial charge is 0.190 e. The lowest BCUT2D eigenvalue weighted by molar-refractivity contribution is 0.686. The van der Waals surface area contributed by atoms with Crippen molar-refractivity contribution in [2.75, 3.05) is 0 Å². The second kappa shape index (κ2) is 8.75. The van der Waals surface area contributed by atoms with E-state index in [1.807, 2.05) is 48.5 Å². The fraction of sp³-hybridized carbons (Fsp3) is 0.0800. The van der Waals surface area contributed by atoms with Crippen LogP contribution in [0.3, 0.4) is 0 Å². The first-order chi connectivity index (χ1) is 15.2. The van der Waals surface area contributed by atoms with Gasteiger partial charge < -0.3 is 9.55 Å². The summed E-state index contributed by atoms with van der Waals surface area (Å²) in [7, 11) is 0. The van der Waals surface area contributed by atoms with E-state index < -0.39 is 0 Å². The number of hydrogen-bond donors (Lipinski definition) is 1. The molecule has 3 aromatic carbocycles. The molecule has 0 spiro atoms. The number of halogens is 2. The topological polar surface area (TPSA) is 33.1 Å². The summed E-state index contributed by atoms with van der Waals surface area (Å²) in [6.45, 7) is 0.798. The summed E-state index contributed by atoms with van der Waals surface area (Å²) in [6, 6.07) is 24.0. The number of aromatic nitrogens is 2. The molecule has 1 N–H and O–H groups in total. The number of aryl methyl sites for hydroxylation is 1. The highest BCUT2D eigenvalue weighted by Crippen LogP contribution is 2.26. The fourth-order valence-corrected chi connectivity index (χ4v) is 4.95. The molecule has 0 radical (unpaired) electrons. The number of aromatic amines is 1. The molecule has 6 heteroatoms. The van der Waals surface area contributed by atoms with Gasteiger partial charge in [0.1, 0.15) is 0 Å². The van der Waals surface area contributed by atoms with Crippen molar-refractivity contribution in [3.63, 3.8) is 0 Å². The third-order valence-corrected chi connectivity index (χ3v) is 6.72. The maximum Gasteiger partial charge on any atom is 0.190 e. The Bertz CT molecular complexity index is 1410. The largest absolute Gasteiger partial charge is 0.361 e. The van der Waals surface area contributed by atoms with Crippen LogP contribution >= 0.6 is 34.5 Å². The first kappa shape index (κ1) is 20.1. The van der Waals surface area contributed by atoms with Gasteiger partial charge in [0.2, 0.25) is 0 Å². The van der Waals surface area contributed by atoms with Gasteiger partial charge in [-0.05, 0) is 47.9 Å². The standard InChI is InChI=1S/C25H19Cl2N3S/c26-19-11-9-17(10-12-19)24-16-31-25(29-23-8-4-2-6-21(23)27)30(24)14-13-18-15-28-22-7-3-1-5-20(18)22/h1-12,15-16,28H,13-14H2. The van der Waals surface area contributed by atoms with Crippen LogP contribution in [0.15, 0.2) is 89.4 Å². The number of nitrogens with zero attached hydrogens (tertiary/aromatic N) is 2. The van der Waals surface area contributed by atoms with Crippen LogP contribution in [0.5, 0.6) is 0 Å². The zero-order chi connectivity index (χ0) is 21.2. The first-order valence-electron chi connectivity index (χ1n) is 9.97. The summed E-state index contributed by atoms with van der Waals surface area (Å²) >= 11 is 14.1. The van der Waals surface area contributed by atoms with Gasteiger partial charge in [0.05, 0.1) is 16.4 Å². The second-order valence-corrected chi connectivity index (χ2v) is 8.91. The highest BCUT2D eigenvalue weighted by atomic mass is 35.5. The molecule has 0 saturated heterocycles. The van der Waals surface area contributed by atoms with E-state index in [1.54, 1.807) is 11.3 Å².